The summed E-state index contributed by atoms with van der Waals surface area (Å²) in [7, 11) is 3.85. The van der Waals surface area contributed by atoms with Crippen molar-refractivity contribution in [1.82, 2.24) is 14.4 Å². The van der Waals surface area contributed by atoms with Gasteiger partial charge in [0.25, 0.3) is 12.4 Å². The van der Waals surface area contributed by atoms with Crippen LogP contribution in [0.25, 0.3) is 0 Å². The Labute approximate surface area is 186 Å². The number of carbonyl (C=O) groups is 2. The minimum absolute atomic E-state index is 0.114. The summed E-state index contributed by atoms with van der Waals surface area (Å²) < 4.78 is 13.3. The van der Waals surface area contributed by atoms with Crippen LogP contribution in [0.5, 0.6) is 5.75 Å². The number of aromatic nitrogens is 1. The van der Waals surface area contributed by atoms with Crippen LogP contribution in [0.2, 0.25) is 0 Å². The number of rotatable bonds is 4. The molecule has 1 aromatic carbocycles. The van der Waals surface area contributed by atoms with Gasteiger partial charge in [0.1, 0.15) is 6.61 Å². The SMILES string of the molecule is CN1C[C@H]2COC[C@@H]1CN(C(=O)c1c(OCc3ccccc3)c(=O)ccn1C)C2.O=CO. The largest absolute Gasteiger partial charge is 0.483 e. The predicted molar refractivity (Wildman–Crippen MR) is 118 cm³/mol. The molecule has 0 saturated carbocycles. The average Bonchev–Trinajstić information content (AvgIpc) is 3.03. The molecule has 2 aliphatic heterocycles. The summed E-state index contributed by atoms with van der Waals surface area (Å²) in [5.41, 5.74) is 0.967. The molecular weight excluding hydrogens is 414 g/mol. The molecule has 32 heavy (non-hydrogen) atoms. The average molecular weight is 444 g/mol. The summed E-state index contributed by atoms with van der Waals surface area (Å²) in [5, 5.41) is 6.89. The van der Waals surface area contributed by atoms with E-state index in [2.05, 4.69) is 11.9 Å². The smallest absolute Gasteiger partial charge is 0.290 e. The summed E-state index contributed by atoms with van der Waals surface area (Å²) in [6.45, 7) is 3.34. The number of fused-ring (bicyclic) bond motifs is 3. The van der Waals surface area contributed by atoms with E-state index in [0.717, 1.165) is 12.1 Å². The van der Waals surface area contributed by atoms with Crippen molar-refractivity contribution in [2.75, 3.05) is 39.9 Å². The number of likely N-dealkylation sites (N-methyl/N-ethyl adjacent to an activating group) is 1. The molecule has 2 saturated heterocycles. The van der Waals surface area contributed by atoms with Gasteiger partial charge in [-0.25, -0.2) is 0 Å². The summed E-state index contributed by atoms with van der Waals surface area (Å²) in [5.74, 6) is 0.203. The van der Waals surface area contributed by atoms with E-state index in [0.29, 0.717) is 32.0 Å². The zero-order valence-electron chi connectivity index (χ0n) is 18.3. The van der Waals surface area contributed by atoms with Crippen LogP contribution in [0.1, 0.15) is 16.1 Å². The van der Waals surface area contributed by atoms with Crippen molar-refractivity contribution in [3.05, 3.63) is 64.1 Å². The number of aryl methyl sites for hydroxylation is 1. The van der Waals surface area contributed by atoms with E-state index in [1.807, 2.05) is 35.2 Å². The second kappa shape index (κ2) is 10.9. The van der Waals surface area contributed by atoms with Crippen LogP contribution in [0.4, 0.5) is 0 Å². The van der Waals surface area contributed by atoms with Gasteiger partial charge in [-0.05, 0) is 12.6 Å². The topological polar surface area (TPSA) is 101 Å². The number of pyridine rings is 1. The molecule has 2 bridgehead atoms. The van der Waals surface area contributed by atoms with Crippen LogP contribution in [0.15, 0.2) is 47.4 Å². The lowest BCUT2D eigenvalue weighted by molar-refractivity contribution is -0.122. The van der Waals surface area contributed by atoms with Crippen molar-refractivity contribution in [2.45, 2.75) is 12.6 Å². The molecule has 9 heteroatoms. The maximum absolute atomic E-state index is 13.5. The lowest BCUT2D eigenvalue weighted by Gasteiger charge is -2.30. The molecule has 2 atom stereocenters. The molecule has 0 radical (unpaired) electrons. The van der Waals surface area contributed by atoms with Gasteiger partial charge in [-0.2, -0.15) is 0 Å². The molecule has 1 N–H and O–H groups in total. The van der Waals surface area contributed by atoms with E-state index in [9.17, 15) is 9.59 Å². The molecule has 2 fully saturated rings. The normalized spacial score (nSPS) is 20.5. The van der Waals surface area contributed by atoms with Crippen molar-refractivity contribution in [1.29, 1.82) is 0 Å². The Morgan fingerprint density at radius 3 is 2.59 bits per heavy atom. The Morgan fingerprint density at radius 1 is 1.16 bits per heavy atom. The molecule has 4 rings (SSSR count). The maximum Gasteiger partial charge on any atom is 0.290 e. The molecule has 2 aromatic rings. The first-order valence-electron chi connectivity index (χ1n) is 10.5. The first-order chi connectivity index (χ1) is 15.4. The van der Waals surface area contributed by atoms with Crippen LogP contribution < -0.4 is 10.2 Å². The number of amides is 1. The van der Waals surface area contributed by atoms with Crippen LogP contribution in [0.3, 0.4) is 0 Å². The third kappa shape index (κ3) is 5.54. The van der Waals surface area contributed by atoms with Gasteiger partial charge >= 0.3 is 0 Å². The van der Waals surface area contributed by atoms with Crippen LogP contribution in [-0.4, -0.2) is 77.8 Å². The molecule has 3 heterocycles. The molecule has 0 aliphatic carbocycles. The van der Waals surface area contributed by atoms with Gasteiger partial charge in [0, 0.05) is 44.9 Å². The Hall–Kier alpha value is -3.17. The Bertz CT molecular complexity index is 977. The van der Waals surface area contributed by atoms with Gasteiger partial charge < -0.3 is 24.0 Å². The van der Waals surface area contributed by atoms with Gasteiger partial charge in [0.05, 0.1) is 19.3 Å². The van der Waals surface area contributed by atoms with Crippen LogP contribution >= 0.6 is 0 Å². The van der Waals surface area contributed by atoms with Gasteiger partial charge in [0.2, 0.25) is 5.43 Å². The van der Waals surface area contributed by atoms with Gasteiger partial charge in [-0.3, -0.25) is 19.3 Å². The number of benzene rings is 1. The first-order valence-corrected chi connectivity index (χ1v) is 10.5. The number of nitrogens with zero attached hydrogens (tertiary/aromatic N) is 3. The van der Waals surface area contributed by atoms with Crippen molar-refractivity contribution in [3.8, 4) is 5.75 Å². The number of carbonyl (C=O) groups excluding carboxylic acids is 1. The summed E-state index contributed by atoms with van der Waals surface area (Å²) in [6.07, 6.45) is 1.62. The van der Waals surface area contributed by atoms with Crippen molar-refractivity contribution in [3.63, 3.8) is 0 Å². The summed E-state index contributed by atoms with van der Waals surface area (Å²) in [6, 6.07) is 11.2. The zero-order chi connectivity index (χ0) is 23.1. The first kappa shape index (κ1) is 23.5. The number of hydrogen-bond donors (Lipinski definition) is 1. The lowest BCUT2D eigenvalue weighted by atomic mass is 10.1. The highest BCUT2D eigenvalue weighted by atomic mass is 16.5. The fourth-order valence-electron chi connectivity index (χ4n) is 4.09. The van der Waals surface area contributed by atoms with Gasteiger partial charge in [0.15, 0.2) is 11.4 Å². The Balaban J connectivity index is 0.000000913. The molecule has 2 aliphatic rings. The highest BCUT2D eigenvalue weighted by Crippen LogP contribution is 2.23. The standard InChI is InChI=1S/C22H27N3O4.CH2O2/c1-23-9-8-19(26)21(29-14-16-6-4-3-5-7-16)20(23)22(27)25-11-17-10-24(2)18(12-25)15-28-13-17;2-1-3/h3-9,17-18H,10-15H2,1-2H3;1H,(H,2,3)/t17-,18+;/m1./s1. The van der Waals surface area contributed by atoms with Crippen molar-refractivity contribution < 1.29 is 24.2 Å². The maximum atomic E-state index is 13.5. The quantitative estimate of drug-likeness (QED) is 0.706. The molecule has 0 spiro atoms. The van der Waals surface area contributed by atoms with Gasteiger partial charge in [-0.15, -0.1) is 0 Å². The van der Waals surface area contributed by atoms with Gasteiger partial charge in [-0.1, -0.05) is 30.3 Å². The fourth-order valence-corrected chi connectivity index (χ4v) is 4.09. The second-order valence-corrected chi connectivity index (χ2v) is 8.06. The molecular formula is C23H29N3O6. The molecule has 1 aromatic heterocycles. The predicted octanol–water partition coefficient (Wildman–Crippen LogP) is 1.07. The van der Waals surface area contributed by atoms with E-state index in [1.165, 1.54) is 6.07 Å². The lowest BCUT2D eigenvalue weighted by Crippen LogP contribution is -2.45. The fraction of sp³-hybridized carbons (Fsp3) is 0.435. The second-order valence-electron chi connectivity index (χ2n) is 8.06. The van der Waals surface area contributed by atoms with Crippen molar-refractivity contribution in [2.24, 2.45) is 13.0 Å². The van der Waals surface area contributed by atoms with E-state index < -0.39 is 0 Å². The molecule has 9 nitrogen and oxygen atoms in total. The van der Waals surface area contributed by atoms with Crippen molar-refractivity contribution >= 4 is 12.4 Å². The Morgan fingerprint density at radius 2 is 1.88 bits per heavy atom. The Kier molecular flexibility index (Phi) is 8.02. The third-order valence-corrected chi connectivity index (χ3v) is 5.70. The van der Waals surface area contributed by atoms with E-state index in [-0.39, 0.29) is 42.1 Å². The number of carboxylic acid groups (broad SMARTS) is 1. The minimum Gasteiger partial charge on any atom is -0.483 e. The number of ether oxygens (including phenoxy) is 2. The van der Waals surface area contributed by atoms with Crippen LogP contribution in [0, 0.1) is 5.92 Å². The third-order valence-electron chi connectivity index (χ3n) is 5.70. The monoisotopic (exact) mass is 443 g/mol. The van der Waals surface area contributed by atoms with E-state index >= 15 is 0 Å². The summed E-state index contributed by atoms with van der Waals surface area (Å²) in [4.78, 5) is 38.6. The zero-order valence-corrected chi connectivity index (χ0v) is 18.3. The number of hydrogen-bond acceptors (Lipinski definition) is 6. The molecule has 1 amide bonds. The van der Waals surface area contributed by atoms with E-state index in [4.69, 9.17) is 19.4 Å². The minimum atomic E-state index is -0.280. The van der Waals surface area contributed by atoms with Crippen LogP contribution in [-0.2, 0) is 23.2 Å². The highest BCUT2D eigenvalue weighted by molar-refractivity contribution is 5.95. The molecule has 172 valence electrons. The molecule has 0 unspecified atom stereocenters. The highest BCUT2D eigenvalue weighted by Gasteiger charge is 2.35. The summed E-state index contributed by atoms with van der Waals surface area (Å²) >= 11 is 0. The van der Waals surface area contributed by atoms with E-state index in [1.54, 1.807) is 17.8 Å².